The third-order valence-corrected chi connectivity index (χ3v) is 8.21. The Morgan fingerprint density at radius 3 is 2.09 bits per heavy atom. The van der Waals surface area contributed by atoms with Gasteiger partial charge in [0.15, 0.2) is 0 Å². The summed E-state index contributed by atoms with van der Waals surface area (Å²) in [6.07, 6.45) is -2.32. The molecule has 0 spiro atoms. The number of rotatable bonds is 4. The van der Waals surface area contributed by atoms with E-state index in [0.29, 0.717) is 17.5 Å². The molecule has 0 radical (unpaired) electrons. The fraction of sp³-hybridized carbons (Fsp3) is 0.481. The average Bonchev–Trinajstić information content (AvgIpc) is 3.07. The number of carbonyl (C=O) groups is 2. The van der Waals surface area contributed by atoms with Crippen LogP contribution in [0.3, 0.4) is 0 Å². The predicted molar refractivity (Wildman–Crippen MR) is 130 cm³/mol. The van der Waals surface area contributed by atoms with Gasteiger partial charge in [0.1, 0.15) is 0 Å². The number of halogens is 3. The molecule has 2 aliphatic rings. The molecule has 4 rings (SSSR count). The first-order valence-corrected chi connectivity index (χ1v) is 12.6. The number of imide groups is 1. The molecule has 2 aromatic rings. The van der Waals surface area contributed by atoms with Gasteiger partial charge in [-0.25, -0.2) is 0 Å². The van der Waals surface area contributed by atoms with Gasteiger partial charge in [0.2, 0.25) is 5.91 Å². The van der Waals surface area contributed by atoms with Gasteiger partial charge >= 0.3 is 6.18 Å². The van der Waals surface area contributed by atoms with E-state index in [2.05, 4.69) is 13.8 Å². The molecule has 1 heterocycles. The zero-order valence-electron chi connectivity index (χ0n) is 20.2. The van der Waals surface area contributed by atoms with Gasteiger partial charge in [0.05, 0.1) is 17.9 Å². The van der Waals surface area contributed by atoms with Crippen LogP contribution in [0, 0.1) is 0 Å². The van der Waals surface area contributed by atoms with Gasteiger partial charge in [-0.1, -0.05) is 64.6 Å². The lowest BCUT2D eigenvalue weighted by atomic mass is 9.62. The zero-order chi connectivity index (χ0) is 25.1. The van der Waals surface area contributed by atoms with Crippen molar-refractivity contribution in [3.8, 4) is 11.1 Å². The Morgan fingerprint density at radius 1 is 0.971 bits per heavy atom. The van der Waals surface area contributed by atoms with Gasteiger partial charge in [-0.15, -0.1) is 0 Å². The largest absolute Gasteiger partial charge is 0.417 e. The number of hydrogen-bond donors (Lipinski definition) is 0. The maximum Gasteiger partial charge on any atom is 0.417 e. The Labute approximate surface area is 203 Å². The second kappa shape index (κ2) is 8.43. The zero-order valence-corrected chi connectivity index (χ0v) is 21.0. The average molecular weight is 490 g/mol. The van der Waals surface area contributed by atoms with Crippen molar-refractivity contribution in [2.45, 2.75) is 77.4 Å². The van der Waals surface area contributed by atoms with Gasteiger partial charge in [0, 0.05) is 0 Å². The molecule has 1 aliphatic carbocycles. The topological polar surface area (TPSA) is 37.4 Å². The number of nitrogens with zero attached hydrogens (tertiary/aromatic N) is 1. The SMILES string of the molecule is CCc1cccc(CN2C(=O)CSC2=O)c1-c1cc2c(cc1C(F)(F)F)C(C)(C)CCC2(C)C. The van der Waals surface area contributed by atoms with E-state index in [4.69, 9.17) is 0 Å². The Hall–Kier alpha value is -2.28. The quantitative estimate of drug-likeness (QED) is 0.447. The predicted octanol–water partition coefficient (Wildman–Crippen LogP) is 7.48. The van der Waals surface area contributed by atoms with Crippen molar-refractivity contribution < 1.29 is 22.8 Å². The molecule has 3 nitrogen and oxygen atoms in total. The van der Waals surface area contributed by atoms with Crippen LogP contribution in [-0.4, -0.2) is 21.8 Å². The number of aryl methyl sites for hydroxylation is 1. The smallest absolute Gasteiger partial charge is 0.273 e. The van der Waals surface area contributed by atoms with Gasteiger partial charge in [-0.2, -0.15) is 13.2 Å². The summed E-state index contributed by atoms with van der Waals surface area (Å²) in [5.74, 6) is -0.246. The van der Waals surface area contributed by atoms with E-state index in [1.807, 2.05) is 26.8 Å². The molecule has 0 atom stereocenters. The summed E-state index contributed by atoms with van der Waals surface area (Å²) in [7, 11) is 0. The highest BCUT2D eigenvalue weighted by molar-refractivity contribution is 8.14. The highest BCUT2D eigenvalue weighted by Gasteiger charge is 2.42. The molecule has 2 amide bonds. The van der Waals surface area contributed by atoms with Crippen molar-refractivity contribution in [2.75, 3.05) is 5.75 Å². The molecular formula is C27H30F3NO2S. The van der Waals surface area contributed by atoms with Crippen molar-refractivity contribution in [3.63, 3.8) is 0 Å². The second-order valence-electron chi connectivity index (χ2n) is 10.5. The first kappa shape index (κ1) is 24.8. The van der Waals surface area contributed by atoms with Crippen LogP contribution < -0.4 is 0 Å². The van der Waals surface area contributed by atoms with Crippen molar-refractivity contribution in [1.29, 1.82) is 0 Å². The van der Waals surface area contributed by atoms with E-state index in [9.17, 15) is 22.8 Å². The highest BCUT2D eigenvalue weighted by atomic mass is 32.2. The summed E-state index contributed by atoms with van der Waals surface area (Å²) >= 11 is 0.927. The second-order valence-corrected chi connectivity index (χ2v) is 11.5. The van der Waals surface area contributed by atoms with Crippen molar-refractivity contribution in [2.24, 2.45) is 0 Å². The molecule has 0 N–H and O–H groups in total. The van der Waals surface area contributed by atoms with Gasteiger partial charge in [0.25, 0.3) is 5.24 Å². The molecule has 7 heteroatoms. The monoisotopic (exact) mass is 489 g/mol. The van der Waals surface area contributed by atoms with Crippen LogP contribution in [0.4, 0.5) is 18.0 Å². The first-order valence-electron chi connectivity index (χ1n) is 11.6. The van der Waals surface area contributed by atoms with Crippen molar-refractivity contribution in [3.05, 3.63) is 58.1 Å². The maximum absolute atomic E-state index is 14.5. The molecule has 0 unspecified atom stereocenters. The summed E-state index contributed by atoms with van der Waals surface area (Å²) in [5.41, 5.74) is 2.35. The molecule has 0 bridgehead atoms. The Kier molecular flexibility index (Phi) is 6.16. The van der Waals surface area contributed by atoms with Gasteiger partial charge in [-0.3, -0.25) is 14.5 Å². The van der Waals surface area contributed by atoms with Crippen LogP contribution >= 0.6 is 11.8 Å². The van der Waals surface area contributed by atoms with Crippen LogP contribution in [0.1, 0.15) is 75.3 Å². The van der Waals surface area contributed by atoms with E-state index in [0.717, 1.165) is 46.2 Å². The first-order chi connectivity index (χ1) is 15.8. The minimum absolute atomic E-state index is 0.0306. The highest BCUT2D eigenvalue weighted by Crippen LogP contribution is 2.50. The minimum Gasteiger partial charge on any atom is -0.273 e. The maximum atomic E-state index is 14.5. The third-order valence-electron chi connectivity index (χ3n) is 7.35. The summed E-state index contributed by atoms with van der Waals surface area (Å²) in [5, 5.41) is -0.359. The number of hydrogen-bond acceptors (Lipinski definition) is 3. The number of thioether (sulfide) groups is 1. The molecule has 2 aromatic carbocycles. The fourth-order valence-corrected chi connectivity index (χ4v) is 5.91. The van der Waals surface area contributed by atoms with Crippen molar-refractivity contribution >= 4 is 22.9 Å². The lowest BCUT2D eigenvalue weighted by molar-refractivity contribution is -0.137. The standard InChI is InChI=1S/C27H30F3NO2S/c1-6-16-8-7-9-17(14-31-22(32)15-34-24(31)33)23(16)18-12-20-21(13-19(18)27(28,29)30)26(4,5)11-10-25(20,2)3/h7-9,12-13H,6,10-11,14-15H2,1-5H3. The lowest BCUT2D eigenvalue weighted by Crippen LogP contribution is -2.34. The summed E-state index contributed by atoms with van der Waals surface area (Å²) < 4.78 is 43.6. The van der Waals surface area contributed by atoms with E-state index < -0.39 is 11.7 Å². The molecular weight excluding hydrogens is 459 g/mol. The molecule has 0 aromatic heterocycles. The number of benzene rings is 2. The van der Waals surface area contributed by atoms with E-state index in [1.165, 1.54) is 6.07 Å². The fourth-order valence-electron chi connectivity index (χ4n) is 5.19. The molecule has 0 saturated carbocycles. The lowest BCUT2D eigenvalue weighted by Gasteiger charge is -2.42. The van der Waals surface area contributed by atoms with Gasteiger partial charge < -0.3 is 0 Å². The molecule has 1 aliphatic heterocycles. The van der Waals surface area contributed by atoms with Crippen LogP contribution in [-0.2, 0) is 34.8 Å². The van der Waals surface area contributed by atoms with E-state index in [1.54, 1.807) is 18.2 Å². The number of alkyl halides is 3. The molecule has 34 heavy (non-hydrogen) atoms. The third kappa shape index (κ3) is 4.28. The van der Waals surface area contributed by atoms with Crippen LogP contribution in [0.2, 0.25) is 0 Å². The summed E-state index contributed by atoms with van der Waals surface area (Å²) in [6.45, 7) is 10.1. The van der Waals surface area contributed by atoms with Crippen LogP contribution in [0.15, 0.2) is 30.3 Å². The van der Waals surface area contributed by atoms with Crippen LogP contribution in [0.5, 0.6) is 0 Å². The van der Waals surface area contributed by atoms with Crippen LogP contribution in [0.25, 0.3) is 11.1 Å². The van der Waals surface area contributed by atoms with Crippen molar-refractivity contribution in [1.82, 2.24) is 4.90 Å². The van der Waals surface area contributed by atoms with E-state index >= 15 is 0 Å². The van der Waals surface area contributed by atoms with E-state index in [-0.39, 0.29) is 39.8 Å². The Bertz CT molecular complexity index is 1150. The Morgan fingerprint density at radius 2 is 1.56 bits per heavy atom. The number of carbonyl (C=O) groups excluding carboxylic acids is 2. The van der Waals surface area contributed by atoms with Gasteiger partial charge in [-0.05, 0) is 75.6 Å². The molecule has 182 valence electrons. The Balaban J connectivity index is 2.01. The summed E-state index contributed by atoms with van der Waals surface area (Å²) in [4.78, 5) is 25.7. The normalized spacial score (nSPS) is 19.5. The molecule has 1 fully saturated rings. The summed E-state index contributed by atoms with van der Waals surface area (Å²) in [6, 6.07) is 8.43. The number of fused-ring (bicyclic) bond motifs is 1. The molecule has 1 saturated heterocycles. The number of amides is 2. The minimum atomic E-state index is -4.55.